The number of pyridine rings is 1. The minimum absolute atomic E-state index is 0.0371. The molecule has 0 aliphatic heterocycles. The van der Waals surface area contributed by atoms with Gasteiger partial charge in [-0.3, -0.25) is 14.4 Å². The van der Waals surface area contributed by atoms with Crippen molar-refractivity contribution >= 4 is 12.4 Å². The third-order valence-corrected chi connectivity index (χ3v) is 2.44. The highest BCUT2D eigenvalue weighted by atomic mass is 16.1. The van der Waals surface area contributed by atoms with Gasteiger partial charge < -0.3 is 0 Å². The molecule has 0 atom stereocenters. The summed E-state index contributed by atoms with van der Waals surface area (Å²) in [6.07, 6.45) is 1.76. The lowest BCUT2D eigenvalue weighted by Gasteiger charge is -2.08. The summed E-state index contributed by atoms with van der Waals surface area (Å²) >= 11 is 0. The molecule has 0 fully saturated rings. The first-order valence-electron chi connectivity index (χ1n) is 4.98. The molecule has 2 aromatic rings. The van der Waals surface area contributed by atoms with Gasteiger partial charge in [0, 0.05) is 12.3 Å². The Bertz CT molecular complexity index is 584. The fourth-order valence-electron chi connectivity index (χ4n) is 1.63. The average molecular weight is 212 g/mol. The molecule has 0 N–H and O–H groups in total. The van der Waals surface area contributed by atoms with Crippen molar-refractivity contribution in [3.63, 3.8) is 0 Å². The van der Waals surface area contributed by atoms with Crippen LogP contribution in [-0.4, -0.2) is 11.3 Å². The molecule has 1 aromatic heterocycles. The molecule has 0 aliphatic rings. The summed E-state index contributed by atoms with van der Waals surface area (Å²) < 4.78 is 1.61. The second kappa shape index (κ2) is 4.14. The number of aromatic nitrogens is 1. The van der Waals surface area contributed by atoms with Gasteiger partial charge in [0.25, 0.3) is 5.56 Å². The normalized spacial score (nSPS) is 10.1. The fourth-order valence-corrected chi connectivity index (χ4v) is 1.63. The van der Waals surface area contributed by atoms with E-state index >= 15 is 0 Å². The Balaban J connectivity index is 2.62. The van der Waals surface area contributed by atoms with Gasteiger partial charge in [-0.1, -0.05) is 6.07 Å². The van der Waals surface area contributed by atoms with E-state index in [1.54, 1.807) is 22.9 Å². The molecule has 3 nitrogen and oxygen atoms in total. The first-order chi connectivity index (χ1) is 7.72. The molecular formula is C13H12N2O. The maximum atomic E-state index is 11.7. The van der Waals surface area contributed by atoms with E-state index in [9.17, 15) is 4.79 Å². The van der Waals surface area contributed by atoms with E-state index in [1.165, 1.54) is 0 Å². The Morgan fingerprint density at radius 3 is 2.69 bits per heavy atom. The van der Waals surface area contributed by atoms with Crippen molar-refractivity contribution in [2.24, 2.45) is 4.99 Å². The summed E-state index contributed by atoms with van der Waals surface area (Å²) in [5.41, 5.74) is 2.64. The molecule has 0 amide bonds. The average Bonchev–Trinajstić information content (AvgIpc) is 2.30. The number of rotatable bonds is 2. The first-order valence-corrected chi connectivity index (χ1v) is 4.98. The summed E-state index contributed by atoms with van der Waals surface area (Å²) in [7, 11) is 0. The van der Waals surface area contributed by atoms with Gasteiger partial charge >= 0.3 is 0 Å². The second-order valence-electron chi connectivity index (χ2n) is 3.54. The molecule has 0 bridgehead atoms. The minimum atomic E-state index is -0.0371. The topological polar surface area (TPSA) is 34.4 Å². The molecule has 0 unspecified atom stereocenters. The molecule has 80 valence electrons. The van der Waals surface area contributed by atoms with Crippen molar-refractivity contribution in [2.45, 2.75) is 6.92 Å². The molecule has 1 heterocycles. The monoisotopic (exact) mass is 212 g/mol. The van der Waals surface area contributed by atoms with Gasteiger partial charge in [-0.05, 0) is 43.5 Å². The van der Waals surface area contributed by atoms with Crippen LogP contribution in [-0.2, 0) is 0 Å². The molecule has 0 spiro atoms. The molecule has 16 heavy (non-hydrogen) atoms. The van der Waals surface area contributed by atoms with E-state index in [0.29, 0.717) is 0 Å². The van der Waals surface area contributed by atoms with E-state index in [4.69, 9.17) is 0 Å². The van der Waals surface area contributed by atoms with Gasteiger partial charge in [-0.15, -0.1) is 0 Å². The number of hydrogen-bond acceptors (Lipinski definition) is 2. The quantitative estimate of drug-likeness (QED) is 0.704. The summed E-state index contributed by atoms with van der Waals surface area (Å²) in [4.78, 5) is 15.5. The van der Waals surface area contributed by atoms with Gasteiger partial charge in [-0.25, -0.2) is 0 Å². The summed E-state index contributed by atoms with van der Waals surface area (Å²) in [5.74, 6) is 0. The number of aryl methyl sites for hydroxylation is 1. The largest absolute Gasteiger partial charge is 0.284 e. The molecule has 0 radical (unpaired) electrons. The van der Waals surface area contributed by atoms with Crippen molar-refractivity contribution in [3.8, 4) is 5.69 Å². The van der Waals surface area contributed by atoms with Crippen LogP contribution in [0.25, 0.3) is 5.69 Å². The Hall–Kier alpha value is -2.16. The van der Waals surface area contributed by atoms with Crippen molar-refractivity contribution < 1.29 is 0 Å². The van der Waals surface area contributed by atoms with Gasteiger partial charge in [-0.2, -0.15) is 0 Å². The van der Waals surface area contributed by atoms with Crippen LogP contribution in [0.4, 0.5) is 5.69 Å². The third kappa shape index (κ3) is 1.80. The standard InChI is InChI=1S/C13H12N2O/c1-10-9-11(14-2)6-7-12(10)15-8-4-3-5-13(15)16/h3-9H,2H2,1H3. The molecule has 3 heteroatoms. The number of aliphatic imine (C=N–C) groups is 1. The molecule has 0 saturated heterocycles. The second-order valence-corrected chi connectivity index (χ2v) is 3.54. The molecule has 0 aliphatic carbocycles. The summed E-state index contributed by atoms with van der Waals surface area (Å²) in [6, 6.07) is 10.7. The lowest BCUT2D eigenvalue weighted by atomic mass is 10.1. The van der Waals surface area contributed by atoms with Crippen LogP contribution >= 0.6 is 0 Å². The Labute approximate surface area is 93.7 Å². The first kappa shape index (κ1) is 10.4. The highest BCUT2D eigenvalue weighted by Crippen LogP contribution is 2.19. The van der Waals surface area contributed by atoms with Crippen LogP contribution in [0.3, 0.4) is 0 Å². The lowest BCUT2D eigenvalue weighted by molar-refractivity contribution is 0.978. The number of nitrogens with zero attached hydrogens (tertiary/aromatic N) is 2. The molecular weight excluding hydrogens is 200 g/mol. The van der Waals surface area contributed by atoms with Crippen LogP contribution in [0, 0.1) is 6.92 Å². The van der Waals surface area contributed by atoms with Gasteiger partial charge in [0.15, 0.2) is 0 Å². The predicted octanol–water partition coefficient (Wildman–Crippen LogP) is 2.48. The maximum Gasteiger partial charge on any atom is 0.255 e. The van der Waals surface area contributed by atoms with Crippen LogP contribution in [0.1, 0.15) is 5.56 Å². The van der Waals surface area contributed by atoms with Crippen LogP contribution in [0.2, 0.25) is 0 Å². The predicted molar refractivity (Wildman–Crippen MR) is 66.0 cm³/mol. The van der Waals surface area contributed by atoms with Crippen LogP contribution in [0.5, 0.6) is 0 Å². The molecule has 1 aromatic carbocycles. The van der Waals surface area contributed by atoms with Crippen LogP contribution < -0.4 is 5.56 Å². The fraction of sp³-hybridized carbons (Fsp3) is 0.0769. The van der Waals surface area contributed by atoms with E-state index in [-0.39, 0.29) is 5.56 Å². The number of hydrogen-bond donors (Lipinski definition) is 0. The Morgan fingerprint density at radius 1 is 1.25 bits per heavy atom. The third-order valence-electron chi connectivity index (χ3n) is 2.44. The minimum Gasteiger partial charge on any atom is -0.284 e. The van der Waals surface area contributed by atoms with Gasteiger partial charge in [0.05, 0.1) is 11.4 Å². The molecule has 2 rings (SSSR count). The van der Waals surface area contributed by atoms with E-state index in [2.05, 4.69) is 11.7 Å². The van der Waals surface area contributed by atoms with Crippen molar-refractivity contribution in [2.75, 3.05) is 0 Å². The summed E-state index contributed by atoms with van der Waals surface area (Å²) in [5, 5.41) is 0. The van der Waals surface area contributed by atoms with E-state index in [1.807, 2.05) is 31.2 Å². The maximum absolute atomic E-state index is 11.7. The summed E-state index contributed by atoms with van der Waals surface area (Å²) in [6.45, 7) is 5.42. The highest BCUT2D eigenvalue weighted by molar-refractivity contribution is 5.53. The van der Waals surface area contributed by atoms with Gasteiger partial charge in [0.2, 0.25) is 0 Å². The zero-order valence-electron chi connectivity index (χ0n) is 9.05. The van der Waals surface area contributed by atoms with Gasteiger partial charge in [0.1, 0.15) is 0 Å². The van der Waals surface area contributed by atoms with Crippen LogP contribution in [0.15, 0.2) is 52.4 Å². The Kier molecular flexibility index (Phi) is 2.68. The number of benzene rings is 1. The molecule has 0 saturated carbocycles. The van der Waals surface area contributed by atoms with Crippen molar-refractivity contribution in [1.82, 2.24) is 4.57 Å². The zero-order chi connectivity index (χ0) is 11.5. The highest BCUT2D eigenvalue weighted by Gasteiger charge is 2.02. The lowest BCUT2D eigenvalue weighted by Crippen LogP contribution is -2.16. The SMILES string of the molecule is C=Nc1ccc(-n2ccccc2=O)c(C)c1. The smallest absolute Gasteiger partial charge is 0.255 e. The zero-order valence-corrected chi connectivity index (χ0v) is 9.05. The Morgan fingerprint density at radius 2 is 2.06 bits per heavy atom. The van der Waals surface area contributed by atoms with Crippen molar-refractivity contribution in [1.29, 1.82) is 0 Å². The van der Waals surface area contributed by atoms with E-state index < -0.39 is 0 Å². The van der Waals surface area contributed by atoms with Crippen molar-refractivity contribution in [3.05, 3.63) is 58.5 Å². The van der Waals surface area contributed by atoms with E-state index in [0.717, 1.165) is 16.9 Å².